The summed E-state index contributed by atoms with van der Waals surface area (Å²) in [6.07, 6.45) is 0. The highest BCUT2D eigenvalue weighted by molar-refractivity contribution is 6.13. The third-order valence-electron chi connectivity index (χ3n) is 10.0. The molecule has 1 atom stereocenters. The van der Waals surface area contributed by atoms with Crippen molar-refractivity contribution in [3.63, 3.8) is 0 Å². The third kappa shape index (κ3) is 2.86. The van der Waals surface area contributed by atoms with E-state index in [0.717, 1.165) is 0 Å². The van der Waals surface area contributed by atoms with Gasteiger partial charge in [-0.1, -0.05) is 146 Å². The molecule has 0 amide bonds. The fourth-order valence-corrected chi connectivity index (χ4v) is 8.41. The lowest BCUT2D eigenvalue weighted by Crippen LogP contribution is -2.31. The van der Waals surface area contributed by atoms with Crippen LogP contribution in [0.15, 0.2) is 158 Å². The number of fused-ring (bicyclic) bond motifs is 11. The Balaban J connectivity index is 1.39. The van der Waals surface area contributed by atoms with Crippen LogP contribution in [-0.4, -0.2) is 0 Å². The lowest BCUT2D eigenvalue weighted by molar-refractivity contribution is 0.774. The molecule has 0 radical (unpaired) electrons. The van der Waals surface area contributed by atoms with Gasteiger partial charge in [0.25, 0.3) is 0 Å². The smallest absolute Gasteiger partial charge is 0.0619 e. The highest BCUT2D eigenvalue weighted by Gasteiger charge is 2.50. The molecule has 2 aliphatic carbocycles. The van der Waals surface area contributed by atoms with Gasteiger partial charge in [-0.15, -0.1) is 0 Å². The SMILES string of the molecule is c1ccc2c(c1)-c1ccc(-c3c4ccccc4cc4ccccc34)cc1C21c2ccccc2-c2cccc3cccc1c23. The van der Waals surface area contributed by atoms with Crippen LogP contribution >= 0.6 is 0 Å². The van der Waals surface area contributed by atoms with Gasteiger partial charge in [0.2, 0.25) is 0 Å². The van der Waals surface area contributed by atoms with E-state index in [1.807, 2.05) is 0 Å². The minimum Gasteiger partial charge on any atom is -0.0619 e. The van der Waals surface area contributed by atoms with Crippen LogP contribution in [0.4, 0.5) is 0 Å². The summed E-state index contributed by atoms with van der Waals surface area (Å²) in [5.74, 6) is 0. The maximum atomic E-state index is 2.52. The summed E-state index contributed by atoms with van der Waals surface area (Å²) >= 11 is 0. The van der Waals surface area contributed by atoms with Crippen molar-refractivity contribution in [3.8, 4) is 33.4 Å². The van der Waals surface area contributed by atoms with Gasteiger partial charge in [-0.2, -0.15) is 0 Å². The Morgan fingerprint density at radius 3 is 1.56 bits per heavy atom. The molecule has 0 saturated carbocycles. The Labute approximate surface area is 250 Å². The van der Waals surface area contributed by atoms with E-state index in [9.17, 15) is 0 Å². The van der Waals surface area contributed by atoms with Crippen molar-refractivity contribution in [2.75, 3.05) is 0 Å². The summed E-state index contributed by atoms with van der Waals surface area (Å²) in [6.45, 7) is 0. The van der Waals surface area contributed by atoms with Gasteiger partial charge in [0.15, 0.2) is 0 Å². The Morgan fingerprint density at radius 1 is 0.326 bits per heavy atom. The molecule has 0 aliphatic heterocycles. The van der Waals surface area contributed by atoms with Gasteiger partial charge in [0, 0.05) is 0 Å². The van der Waals surface area contributed by atoms with Gasteiger partial charge in [-0.3, -0.25) is 0 Å². The van der Waals surface area contributed by atoms with E-state index in [1.165, 1.54) is 88.0 Å². The first-order chi connectivity index (χ1) is 21.3. The molecular weight excluding hydrogens is 516 g/mol. The summed E-state index contributed by atoms with van der Waals surface area (Å²) in [5, 5.41) is 7.80. The molecule has 10 rings (SSSR count). The Morgan fingerprint density at radius 2 is 0.837 bits per heavy atom. The zero-order valence-corrected chi connectivity index (χ0v) is 23.5. The fourth-order valence-electron chi connectivity index (χ4n) is 8.41. The van der Waals surface area contributed by atoms with Crippen molar-refractivity contribution in [3.05, 3.63) is 180 Å². The molecule has 43 heavy (non-hydrogen) atoms. The average Bonchev–Trinajstić information content (AvgIpc) is 3.36. The number of hydrogen-bond donors (Lipinski definition) is 0. The van der Waals surface area contributed by atoms with Crippen LogP contribution in [0, 0.1) is 0 Å². The maximum absolute atomic E-state index is 2.52. The van der Waals surface area contributed by atoms with Crippen LogP contribution in [0.3, 0.4) is 0 Å². The van der Waals surface area contributed by atoms with Crippen LogP contribution in [0.5, 0.6) is 0 Å². The van der Waals surface area contributed by atoms with Crippen molar-refractivity contribution in [2.45, 2.75) is 5.41 Å². The second kappa shape index (κ2) is 8.31. The van der Waals surface area contributed by atoms with E-state index in [4.69, 9.17) is 0 Å². The monoisotopic (exact) mass is 542 g/mol. The topological polar surface area (TPSA) is 0 Å². The molecule has 1 spiro atoms. The van der Waals surface area contributed by atoms with E-state index < -0.39 is 5.41 Å². The minimum absolute atomic E-state index is 0.410. The first-order valence-corrected chi connectivity index (χ1v) is 15.1. The summed E-state index contributed by atoms with van der Waals surface area (Å²) in [7, 11) is 0. The lowest BCUT2D eigenvalue weighted by atomic mass is 9.61. The predicted octanol–water partition coefficient (Wildman–Crippen LogP) is 11.2. The van der Waals surface area contributed by atoms with E-state index in [0.29, 0.717) is 0 Å². The molecule has 0 N–H and O–H groups in total. The minimum atomic E-state index is -0.410. The lowest BCUT2D eigenvalue weighted by Gasteiger charge is -2.40. The van der Waals surface area contributed by atoms with Gasteiger partial charge in [-0.25, -0.2) is 0 Å². The summed E-state index contributed by atoms with van der Waals surface area (Å²) in [5.41, 5.74) is 13.0. The second-order valence-corrected chi connectivity index (χ2v) is 12.0. The maximum Gasteiger partial charge on any atom is 0.0725 e. The average molecular weight is 543 g/mol. The second-order valence-electron chi connectivity index (χ2n) is 12.0. The van der Waals surface area contributed by atoms with Crippen molar-refractivity contribution in [2.24, 2.45) is 0 Å². The summed E-state index contributed by atoms with van der Waals surface area (Å²) in [6, 6.07) is 59.1. The molecule has 0 aromatic heterocycles. The van der Waals surface area contributed by atoms with Crippen molar-refractivity contribution < 1.29 is 0 Å². The Bertz CT molecular complexity index is 2400. The molecule has 0 heterocycles. The van der Waals surface area contributed by atoms with Crippen molar-refractivity contribution >= 4 is 32.3 Å². The van der Waals surface area contributed by atoms with Gasteiger partial charge < -0.3 is 0 Å². The fraction of sp³-hybridized carbons (Fsp3) is 0.0233. The summed E-state index contributed by atoms with van der Waals surface area (Å²) < 4.78 is 0. The van der Waals surface area contributed by atoms with Gasteiger partial charge >= 0.3 is 0 Å². The molecule has 8 aromatic carbocycles. The standard InChI is InChI=1S/C43H26/c1-3-15-31-28(11-1)25-29-12-2-4-16-32(29)41(31)30-23-24-35-33-17-5-7-20-37(33)43(40(35)26-30)38-21-8-6-18-34(38)36-19-9-13-27-14-10-22-39(43)42(27)36/h1-26H. The molecular formula is C43H26. The molecule has 0 fully saturated rings. The molecule has 1 unspecified atom stereocenters. The van der Waals surface area contributed by atoms with Crippen LogP contribution in [0.25, 0.3) is 65.7 Å². The Kier molecular flexibility index (Phi) is 4.47. The normalized spacial score (nSPS) is 16.0. The van der Waals surface area contributed by atoms with Gasteiger partial charge in [0.1, 0.15) is 0 Å². The molecule has 0 nitrogen and oxygen atoms in total. The zero-order valence-electron chi connectivity index (χ0n) is 23.5. The van der Waals surface area contributed by atoms with Gasteiger partial charge in [-0.05, 0) is 100 Å². The quantitative estimate of drug-likeness (QED) is 0.181. The predicted molar refractivity (Wildman–Crippen MR) is 181 cm³/mol. The van der Waals surface area contributed by atoms with Crippen LogP contribution < -0.4 is 0 Å². The van der Waals surface area contributed by atoms with E-state index in [-0.39, 0.29) is 0 Å². The third-order valence-corrected chi connectivity index (χ3v) is 10.0. The summed E-state index contributed by atoms with van der Waals surface area (Å²) in [4.78, 5) is 0. The molecule has 0 heteroatoms. The van der Waals surface area contributed by atoms with Crippen molar-refractivity contribution in [1.82, 2.24) is 0 Å². The molecule has 8 aromatic rings. The first kappa shape index (κ1) is 23.1. The largest absolute Gasteiger partial charge is 0.0725 e. The molecule has 0 saturated heterocycles. The van der Waals surface area contributed by atoms with Crippen LogP contribution in [-0.2, 0) is 5.41 Å². The number of hydrogen-bond acceptors (Lipinski definition) is 0. The van der Waals surface area contributed by atoms with E-state index in [1.54, 1.807) is 0 Å². The number of benzene rings is 8. The molecule has 0 bridgehead atoms. The van der Waals surface area contributed by atoms with Crippen molar-refractivity contribution in [1.29, 1.82) is 0 Å². The zero-order chi connectivity index (χ0) is 28.1. The van der Waals surface area contributed by atoms with E-state index in [2.05, 4.69) is 158 Å². The Hall–Kier alpha value is -5.46. The number of rotatable bonds is 1. The molecule has 198 valence electrons. The van der Waals surface area contributed by atoms with Crippen LogP contribution in [0.2, 0.25) is 0 Å². The highest BCUT2D eigenvalue weighted by atomic mass is 14.5. The highest BCUT2D eigenvalue weighted by Crippen LogP contribution is 2.62. The van der Waals surface area contributed by atoms with Crippen LogP contribution in [0.1, 0.15) is 22.3 Å². The van der Waals surface area contributed by atoms with Gasteiger partial charge in [0.05, 0.1) is 5.41 Å². The van der Waals surface area contributed by atoms with E-state index >= 15 is 0 Å². The first-order valence-electron chi connectivity index (χ1n) is 15.1. The molecule has 2 aliphatic rings.